The second-order valence-corrected chi connectivity index (χ2v) is 5.61. The lowest BCUT2D eigenvalue weighted by Gasteiger charge is -2.03. The quantitative estimate of drug-likeness (QED) is 0.543. The molecule has 1 aromatic carbocycles. The molecule has 0 bridgehead atoms. The van der Waals surface area contributed by atoms with Gasteiger partial charge in [-0.25, -0.2) is 14.6 Å². The van der Waals surface area contributed by atoms with Gasteiger partial charge in [0.25, 0.3) is 0 Å². The molecule has 3 heterocycles. The zero-order chi connectivity index (χ0) is 15.8. The lowest BCUT2D eigenvalue weighted by molar-refractivity contribution is 0.750. The van der Waals surface area contributed by atoms with E-state index < -0.39 is 0 Å². The van der Waals surface area contributed by atoms with Crippen LogP contribution in [0.15, 0.2) is 48.8 Å². The molecular weight excluding hydrogens is 312 g/mol. The highest BCUT2D eigenvalue weighted by Gasteiger charge is 2.10. The normalized spacial score (nSPS) is 11.2. The standard InChI is InChI=1S/C16H13ClN6/c1-11-19-14-4-2-3-5-15(14)22(11)9-12-10-23(21-20-12)13-6-7-16(17)18-8-13/h2-8,10H,9H2,1H3. The summed E-state index contributed by atoms with van der Waals surface area (Å²) in [6.45, 7) is 2.61. The summed E-state index contributed by atoms with van der Waals surface area (Å²) in [5.74, 6) is 0.953. The van der Waals surface area contributed by atoms with Gasteiger partial charge in [0, 0.05) is 0 Å². The van der Waals surface area contributed by atoms with E-state index in [1.54, 1.807) is 16.9 Å². The summed E-state index contributed by atoms with van der Waals surface area (Å²) in [5.41, 5.74) is 3.75. The maximum atomic E-state index is 5.81. The van der Waals surface area contributed by atoms with Crippen LogP contribution in [0.2, 0.25) is 5.15 Å². The maximum Gasteiger partial charge on any atom is 0.129 e. The zero-order valence-corrected chi connectivity index (χ0v) is 13.1. The number of hydrogen-bond acceptors (Lipinski definition) is 4. The molecule has 0 saturated carbocycles. The largest absolute Gasteiger partial charge is 0.322 e. The minimum absolute atomic E-state index is 0.453. The van der Waals surface area contributed by atoms with Gasteiger partial charge in [0.2, 0.25) is 0 Å². The summed E-state index contributed by atoms with van der Waals surface area (Å²) in [6, 6.07) is 11.6. The molecule has 114 valence electrons. The summed E-state index contributed by atoms with van der Waals surface area (Å²) >= 11 is 5.81. The number of benzene rings is 1. The SMILES string of the molecule is Cc1nc2ccccc2n1Cc1cn(-c2ccc(Cl)nc2)nn1. The molecule has 0 atom stereocenters. The molecule has 4 aromatic rings. The molecule has 7 heteroatoms. The highest BCUT2D eigenvalue weighted by molar-refractivity contribution is 6.29. The maximum absolute atomic E-state index is 5.81. The molecule has 0 saturated heterocycles. The predicted molar refractivity (Wildman–Crippen MR) is 87.7 cm³/mol. The van der Waals surface area contributed by atoms with Gasteiger partial charge in [-0.05, 0) is 31.2 Å². The minimum Gasteiger partial charge on any atom is -0.322 e. The van der Waals surface area contributed by atoms with Gasteiger partial charge in [0.15, 0.2) is 0 Å². The number of pyridine rings is 1. The first kappa shape index (κ1) is 13.9. The van der Waals surface area contributed by atoms with Gasteiger partial charge in [-0.3, -0.25) is 0 Å². The summed E-state index contributed by atoms with van der Waals surface area (Å²) in [4.78, 5) is 8.62. The van der Waals surface area contributed by atoms with Crippen LogP contribution in [0.1, 0.15) is 11.5 Å². The molecule has 0 unspecified atom stereocenters. The van der Waals surface area contributed by atoms with Crippen LogP contribution in [-0.4, -0.2) is 29.5 Å². The van der Waals surface area contributed by atoms with Crippen LogP contribution >= 0.6 is 11.6 Å². The van der Waals surface area contributed by atoms with E-state index in [0.717, 1.165) is 28.2 Å². The Kier molecular flexibility index (Phi) is 3.31. The van der Waals surface area contributed by atoms with Gasteiger partial charge in [-0.2, -0.15) is 0 Å². The Labute approximate surface area is 137 Å². The number of hydrogen-bond donors (Lipinski definition) is 0. The van der Waals surface area contributed by atoms with Gasteiger partial charge >= 0.3 is 0 Å². The average Bonchev–Trinajstić information content (AvgIpc) is 3.14. The fourth-order valence-electron chi connectivity index (χ4n) is 2.56. The number of rotatable bonds is 3. The van der Waals surface area contributed by atoms with Crippen molar-refractivity contribution in [2.45, 2.75) is 13.5 Å². The molecule has 0 amide bonds. The van der Waals surface area contributed by atoms with Gasteiger partial charge in [0.05, 0.1) is 35.7 Å². The van der Waals surface area contributed by atoms with E-state index in [2.05, 4.69) is 30.9 Å². The molecule has 0 aliphatic carbocycles. The van der Waals surface area contributed by atoms with E-state index in [9.17, 15) is 0 Å². The molecule has 0 aliphatic rings. The second-order valence-electron chi connectivity index (χ2n) is 5.23. The Morgan fingerprint density at radius 3 is 2.83 bits per heavy atom. The van der Waals surface area contributed by atoms with Gasteiger partial charge in [-0.15, -0.1) is 5.10 Å². The molecule has 23 heavy (non-hydrogen) atoms. The van der Waals surface area contributed by atoms with Crippen molar-refractivity contribution in [2.75, 3.05) is 0 Å². The van der Waals surface area contributed by atoms with Crippen LogP contribution in [0.5, 0.6) is 0 Å². The first-order valence-corrected chi connectivity index (χ1v) is 7.53. The Morgan fingerprint density at radius 1 is 1.13 bits per heavy atom. The van der Waals surface area contributed by atoms with Gasteiger partial charge in [-0.1, -0.05) is 28.9 Å². The van der Waals surface area contributed by atoms with Crippen LogP contribution in [0.4, 0.5) is 0 Å². The summed E-state index contributed by atoms with van der Waals surface area (Å²) in [6.07, 6.45) is 3.55. The van der Waals surface area contributed by atoms with Crippen molar-refractivity contribution in [1.29, 1.82) is 0 Å². The van der Waals surface area contributed by atoms with Crippen molar-refractivity contribution in [2.24, 2.45) is 0 Å². The average molecular weight is 325 g/mol. The van der Waals surface area contributed by atoms with Crippen molar-refractivity contribution >= 4 is 22.6 Å². The van der Waals surface area contributed by atoms with Crippen LogP contribution in [0.3, 0.4) is 0 Å². The summed E-state index contributed by atoms with van der Waals surface area (Å²) < 4.78 is 3.82. The molecule has 0 spiro atoms. The van der Waals surface area contributed by atoms with E-state index in [-0.39, 0.29) is 0 Å². The van der Waals surface area contributed by atoms with E-state index in [4.69, 9.17) is 11.6 Å². The number of aryl methyl sites for hydroxylation is 1. The number of imidazole rings is 1. The second kappa shape index (κ2) is 5.48. The van der Waals surface area contributed by atoms with Crippen LogP contribution in [0, 0.1) is 6.92 Å². The predicted octanol–water partition coefficient (Wildman–Crippen LogP) is 3.02. The fourth-order valence-corrected chi connectivity index (χ4v) is 2.67. The Balaban J connectivity index is 1.67. The molecule has 3 aromatic heterocycles. The molecular formula is C16H13ClN6. The third-order valence-corrected chi connectivity index (χ3v) is 3.91. The highest BCUT2D eigenvalue weighted by atomic mass is 35.5. The number of para-hydroxylation sites is 2. The lowest BCUT2D eigenvalue weighted by atomic mass is 10.3. The van der Waals surface area contributed by atoms with Crippen molar-refractivity contribution in [3.8, 4) is 5.69 Å². The monoisotopic (exact) mass is 324 g/mol. The lowest BCUT2D eigenvalue weighted by Crippen LogP contribution is -2.02. The smallest absolute Gasteiger partial charge is 0.129 e. The molecule has 0 fully saturated rings. The molecule has 0 aliphatic heterocycles. The third-order valence-electron chi connectivity index (χ3n) is 3.68. The summed E-state index contributed by atoms with van der Waals surface area (Å²) in [7, 11) is 0. The van der Waals surface area contributed by atoms with Crippen LogP contribution < -0.4 is 0 Å². The van der Waals surface area contributed by atoms with Gasteiger partial charge in [0.1, 0.15) is 16.7 Å². The first-order valence-electron chi connectivity index (χ1n) is 7.16. The van der Waals surface area contributed by atoms with Crippen LogP contribution in [-0.2, 0) is 6.54 Å². The highest BCUT2D eigenvalue weighted by Crippen LogP contribution is 2.17. The topological polar surface area (TPSA) is 61.4 Å². The fraction of sp³-hybridized carbons (Fsp3) is 0.125. The van der Waals surface area contributed by atoms with Crippen molar-refractivity contribution in [1.82, 2.24) is 29.5 Å². The van der Waals surface area contributed by atoms with E-state index >= 15 is 0 Å². The molecule has 0 radical (unpaired) electrons. The molecule has 6 nitrogen and oxygen atoms in total. The van der Waals surface area contributed by atoms with Gasteiger partial charge < -0.3 is 4.57 Å². The van der Waals surface area contributed by atoms with Crippen molar-refractivity contribution in [3.05, 3.63) is 65.5 Å². The Bertz CT molecular complexity index is 970. The van der Waals surface area contributed by atoms with E-state index in [1.165, 1.54) is 0 Å². The molecule has 0 N–H and O–H groups in total. The Hall–Kier alpha value is -2.73. The number of nitrogens with zero attached hydrogens (tertiary/aromatic N) is 6. The van der Waals surface area contributed by atoms with E-state index in [0.29, 0.717) is 11.7 Å². The third kappa shape index (κ3) is 2.57. The number of halogens is 1. The van der Waals surface area contributed by atoms with Crippen molar-refractivity contribution in [3.63, 3.8) is 0 Å². The number of fused-ring (bicyclic) bond motifs is 1. The van der Waals surface area contributed by atoms with E-state index in [1.807, 2.05) is 37.4 Å². The molecule has 4 rings (SSSR count). The minimum atomic E-state index is 0.453. The van der Waals surface area contributed by atoms with Crippen molar-refractivity contribution < 1.29 is 0 Å². The Morgan fingerprint density at radius 2 is 2.00 bits per heavy atom. The number of aromatic nitrogens is 6. The van der Waals surface area contributed by atoms with Crippen LogP contribution in [0.25, 0.3) is 16.7 Å². The summed E-state index contributed by atoms with van der Waals surface area (Å²) in [5, 5.41) is 8.85. The first-order chi connectivity index (χ1) is 11.2. The zero-order valence-electron chi connectivity index (χ0n) is 12.4.